The lowest BCUT2D eigenvalue weighted by Crippen LogP contribution is -2.56. The highest BCUT2D eigenvalue weighted by Gasteiger charge is 2.53. The molecule has 3 amide bonds. The van der Waals surface area contributed by atoms with Gasteiger partial charge >= 0.3 is 12.0 Å². The molecule has 13 heteroatoms. The van der Waals surface area contributed by atoms with Gasteiger partial charge in [0, 0.05) is 17.7 Å². The number of aryl methyl sites for hydroxylation is 1. The topological polar surface area (TPSA) is 135 Å². The highest BCUT2D eigenvalue weighted by molar-refractivity contribution is 5.93. The Balaban J connectivity index is 1.37. The molecule has 1 aromatic heterocycles. The molecule has 6 rings (SSSR count). The fraction of sp³-hybridized carbons (Fsp3) is 0.419. The van der Waals surface area contributed by atoms with Gasteiger partial charge in [-0.15, -0.1) is 0 Å². The van der Waals surface area contributed by atoms with Crippen LogP contribution in [-0.2, 0) is 20.9 Å². The summed E-state index contributed by atoms with van der Waals surface area (Å²) in [7, 11) is 3.19. The summed E-state index contributed by atoms with van der Waals surface area (Å²) >= 11 is 0. The van der Waals surface area contributed by atoms with Crippen molar-refractivity contribution in [3.63, 3.8) is 0 Å². The monoisotopic (exact) mass is 767 g/mol. The minimum absolute atomic E-state index is 0.0787. The molecular formula is C43H50FN5O7+. The number of esters is 1. The Kier molecular flexibility index (Phi) is 13.5. The van der Waals surface area contributed by atoms with E-state index in [4.69, 9.17) is 28.9 Å². The predicted octanol–water partition coefficient (Wildman–Crippen LogP) is 7.00. The Morgan fingerprint density at radius 2 is 1.71 bits per heavy atom. The normalized spacial score (nSPS) is 20.0. The fourth-order valence-electron chi connectivity index (χ4n) is 7.20. The number of carbonyl (C=O) groups is 3. The van der Waals surface area contributed by atoms with Crippen LogP contribution in [0.4, 0.5) is 9.18 Å². The average molecular weight is 768 g/mol. The lowest BCUT2D eigenvalue weighted by Gasteiger charge is -2.24. The number of ether oxygens (including phenoxy) is 4. The van der Waals surface area contributed by atoms with Crippen molar-refractivity contribution in [2.75, 3.05) is 33.9 Å². The summed E-state index contributed by atoms with van der Waals surface area (Å²) in [6, 6.07) is 14.9. The van der Waals surface area contributed by atoms with Crippen molar-refractivity contribution in [3.8, 4) is 28.8 Å². The lowest BCUT2D eigenvalue weighted by atomic mass is 10.1. The first-order valence-corrected chi connectivity index (χ1v) is 19.3. The van der Waals surface area contributed by atoms with Gasteiger partial charge in [-0.25, -0.2) is 19.0 Å². The molecule has 1 radical (unpaired) electrons. The van der Waals surface area contributed by atoms with Gasteiger partial charge in [-0.05, 0) is 100 Å². The van der Waals surface area contributed by atoms with E-state index in [0.717, 1.165) is 36.8 Å². The predicted molar refractivity (Wildman–Crippen MR) is 210 cm³/mol. The molecule has 3 unspecified atom stereocenters. The van der Waals surface area contributed by atoms with E-state index in [0.29, 0.717) is 59.7 Å². The van der Waals surface area contributed by atoms with Gasteiger partial charge in [0.1, 0.15) is 23.4 Å². The van der Waals surface area contributed by atoms with E-state index in [1.54, 1.807) is 43.1 Å². The first-order valence-electron chi connectivity index (χ1n) is 19.3. The Hall–Kier alpha value is -5.56. The van der Waals surface area contributed by atoms with E-state index >= 15 is 0 Å². The van der Waals surface area contributed by atoms with E-state index < -0.39 is 30.1 Å². The van der Waals surface area contributed by atoms with Crippen LogP contribution < -0.4 is 24.4 Å². The fourth-order valence-corrected chi connectivity index (χ4v) is 7.20. The van der Waals surface area contributed by atoms with Gasteiger partial charge < -0.3 is 24.3 Å². The summed E-state index contributed by atoms with van der Waals surface area (Å²) in [5, 5.41) is 3.54. The van der Waals surface area contributed by atoms with E-state index in [9.17, 15) is 18.8 Å². The Labute approximate surface area is 327 Å². The number of carbonyl (C=O) groups excluding carboxylic acids is 3. The molecule has 295 valence electrons. The van der Waals surface area contributed by atoms with Crippen LogP contribution in [0.25, 0.3) is 22.3 Å². The number of allylic oxidation sites excluding steroid dienone is 2. The molecule has 1 fully saturated rings. The highest BCUT2D eigenvalue weighted by atomic mass is 19.1. The maximum atomic E-state index is 14.7. The third kappa shape index (κ3) is 9.62. The van der Waals surface area contributed by atoms with E-state index in [2.05, 4.69) is 11.4 Å². The third-order valence-electron chi connectivity index (χ3n) is 10.2. The van der Waals surface area contributed by atoms with Crippen molar-refractivity contribution in [1.82, 2.24) is 25.1 Å². The van der Waals surface area contributed by atoms with Crippen LogP contribution in [0.1, 0.15) is 63.0 Å². The van der Waals surface area contributed by atoms with Crippen LogP contribution in [0, 0.1) is 12.7 Å². The minimum Gasteiger partial charge on any atom is -0.497 e. The summed E-state index contributed by atoms with van der Waals surface area (Å²) in [6.45, 7) is 4.66. The van der Waals surface area contributed by atoms with Gasteiger partial charge in [0.05, 0.1) is 44.7 Å². The molecule has 2 aliphatic rings. The van der Waals surface area contributed by atoms with Crippen LogP contribution in [0.15, 0.2) is 72.8 Å². The molecule has 1 saturated heterocycles. The molecule has 1 N–H and O–H groups in total. The lowest BCUT2D eigenvalue weighted by molar-refractivity contribution is -0.147. The summed E-state index contributed by atoms with van der Waals surface area (Å²) in [4.78, 5) is 55.0. The van der Waals surface area contributed by atoms with Crippen molar-refractivity contribution in [2.24, 2.45) is 0 Å². The van der Waals surface area contributed by atoms with E-state index in [-0.39, 0.29) is 37.3 Å². The van der Waals surface area contributed by atoms with Crippen molar-refractivity contribution >= 4 is 28.8 Å². The maximum Gasteiger partial charge on any atom is 0.468 e. The molecule has 0 spiro atoms. The number of benzene rings is 3. The SMILES string of the molecule is CCOC(=O)C1CCC=CCCCCCN(Cc2ccc(OC)cc2)C(=O)[N+]2CC(Oc3nc(-c4ccc(F)cc4)nc4c(C)c(OC)ccc34)CC2C(=O)N1. The number of amides is 3. The zero-order valence-electron chi connectivity index (χ0n) is 32.5. The number of methoxy groups -OCH3 is 2. The smallest absolute Gasteiger partial charge is 0.468 e. The molecule has 0 saturated carbocycles. The average Bonchev–Trinajstić information content (AvgIpc) is 3.63. The van der Waals surface area contributed by atoms with Gasteiger partial charge in [-0.1, -0.05) is 35.6 Å². The largest absolute Gasteiger partial charge is 0.497 e. The number of rotatable bonds is 9. The Morgan fingerprint density at radius 1 is 0.946 bits per heavy atom. The minimum atomic E-state index is -0.960. The Bertz CT molecular complexity index is 2020. The second kappa shape index (κ2) is 18.9. The molecular weight excluding hydrogens is 717 g/mol. The number of nitrogens with zero attached hydrogens (tertiary/aromatic N) is 4. The van der Waals surface area contributed by atoms with Gasteiger partial charge in [0.15, 0.2) is 18.5 Å². The highest BCUT2D eigenvalue weighted by Crippen LogP contribution is 2.35. The zero-order valence-corrected chi connectivity index (χ0v) is 32.5. The number of nitrogens with one attached hydrogen (secondary N) is 1. The van der Waals surface area contributed by atoms with E-state index in [1.807, 2.05) is 49.4 Å². The zero-order chi connectivity index (χ0) is 39.6. The van der Waals surface area contributed by atoms with Crippen LogP contribution in [-0.4, -0.2) is 84.9 Å². The quantitative estimate of drug-likeness (QED) is 0.109. The van der Waals surface area contributed by atoms with Crippen LogP contribution in [0.3, 0.4) is 0 Å². The number of fused-ring (bicyclic) bond motifs is 2. The standard InChI is InChI=1S/C43H50FN5O7/c1-5-55-42(51)35-13-11-9-7-6-8-10-12-24-48(26-29-14-20-32(53-3)21-15-29)43(52)49-27-33(25-36(49)40(50)45-35)56-41-34-22-23-37(54-4)28(2)38(34)46-39(47-41)30-16-18-31(44)19-17-30/h7,9,14-23,33,35-36H,5-6,8,10-13,24-27H2,1-4H3,(H,45,50)/q+1. The number of hydrogen-bond acceptors (Lipinski definition) is 9. The van der Waals surface area contributed by atoms with Gasteiger partial charge in [0.25, 0.3) is 5.91 Å². The molecule has 0 bridgehead atoms. The van der Waals surface area contributed by atoms with Gasteiger partial charge in [-0.3, -0.25) is 9.69 Å². The van der Waals surface area contributed by atoms with Gasteiger partial charge in [-0.2, -0.15) is 4.98 Å². The van der Waals surface area contributed by atoms with Crippen LogP contribution in [0.5, 0.6) is 17.4 Å². The summed E-state index contributed by atoms with van der Waals surface area (Å²) in [6.07, 6.45) is 8.09. The molecule has 4 aromatic rings. The van der Waals surface area contributed by atoms with Crippen molar-refractivity contribution in [1.29, 1.82) is 0 Å². The maximum absolute atomic E-state index is 14.7. The number of hydrogen-bond donors (Lipinski definition) is 1. The van der Waals surface area contributed by atoms with Gasteiger partial charge in [0.2, 0.25) is 11.9 Å². The number of halogens is 1. The van der Waals surface area contributed by atoms with Crippen molar-refractivity contribution < 1.29 is 37.7 Å². The second-order valence-electron chi connectivity index (χ2n) is 14.1. The van der Waals surface area contributed by atoms with Crippen LogP contribution in [0.2, 0.25) is 0 Å². The number of aromatic nitrogens is 2. The summed E-state index contributed by atoms with van der Waals surface area (Å²) in [5.74, 6) is 0.526. The van der Waals surface area contributed by atoms with Crippen molar-refractivity contribution in [3.05, 3.63) is 89.8 Å². The molecule has 3 heterocycles. The molecule has 12 nitrogen and oxygen atoms in total. The first kappa shape index (κ1) is 40.1. The van der Waals surface area contributed by atoms with E-state index in [1.165, 1.54) is 12.1 Å². The second-order valence-corrected chi connectivity index (χ2v) is 14.1. The molecule has 2 aliphatic heterocycles. The third-order valence-corrected chi connectivity index (χ3v) is 10.2. The summed E-state index contributed by atoms with van der Waals surface area (Å²) < 4.78 is 36.9. The molecule has 3 aromatic carbocycles. The number of urea groups is 1. The summed E-state index contributed by atoms with van der Waals surface area (Å²) in [5.41, 5.74) is 2.85. The molecule has 56 heavy (non-hydrogen) atoms. The first-order chi connectivity index (χ1) is 27.2. The van der Waals surface area contributed by atoms with Crippen molar-refractivity contribution in [2.45, 2.75) is 83.5 Å². The van der Waals surface area contributed by atoms with Crippen LogP contribution >= 0.6 is 0 Å². The Morgan fingerprint density at radius 3 is 2.45 bits per heavy atom. The molecule has 3 atom stereocenters. The molecule has 0 aliphatic carbocycles.